The van der Waals surface area contributed by atoms with Crippen LogP contribution in [0.4, 0.5) is 5.95 Å². The number of ether oxygens (including phenoxy) is 1. The van der Waals surface area contributed by atoms with E-state index in [4.69, 9.17) is 10.5 Å². The number of nitrogens with one attached hydrogen (secondary N) is 1. The molecule has 0 radical (unpaired) electrons. The first-order chi connectivity index (χ1) is 11.1. The van der Waals surface area contributed by atoms with Crippen LogP contribution in [0, 0.1) is 5.92 Å². The number of aromatic nitrogens is 2. The molecule has 7 nitrogen and oxygen atoms in total. The average molecular weight is 316 g/mol. The van der Waals surface area contributed by atoms with E-state index >= 15 is 0 Å². The Hall–Kier alpha value is -2.41. The summed E-state index contributed by atoms with van der Waals surface area (Å²) < 4.78 is 7.21. The van der Waals surface area contributed by atoms with Gasteiger partial charge >= 0.3 is 0 Å². The van der Waals surface area contributed by atoms with Gasteiger partial charge in [0.1, 0.15) is 0 Å². The van der Waals surface area contributed by atoms with Crippen LogP contribution in [-0.4, -0.2) is 34.6 Å². The number of hydrogen-bond acceptors (Lipinski definition) is 4. The van der Waals surface area contributed by atoms with E-state index in [0.29, 0.717) is 30.2 Å². The lowest BCUT2D eigenvalue weighted by Crippen LogP contribution is -2.24. The standard InChI is InChI=1S/C16H20N4O3/c1-2-6-20-13-4-3-10(14(17)21)8-12(13)18-16(20)19-15(22)11-5-7-23-9-11/h3-4,8,11H,2,5-7,9H2,1H3,(H2,17,21)(H,18,19,22)/t11-/m0/s1. The van der Waals surface area contributed by atoms with Gasteiger partial charge in [0.2, 0.25) is 17.8 Å². The maximum absolute atomic E-state index is 12.3. The van der Waals surface area contributed by atoms with E-state index in [9.17, 15) is 9.59 Å². The van der Waals surface area contributed by atoms with Crippen LogP contribution in [0.1, 0.15) is 30.1 Å². The normalized spacial score (nSPS) is 17.5. The third kappa shape index (κ3) is 3.05. The molecule has 23 heavy (non-hydrogen) atoms. The number of amides is 2. The van der Waals surface area contributed by atoms with Crippen LogP contribution in [0.15, 0.2) is 18.2 Å². The van der Waals surface area contributed by atoms with Crippen molar-refractivity contribution in [2.45, 2.75) is 26.3 Å². The van der Waals surface area contributed by atoms with E-state index in [0.717, 1.165) is 24.9 Å². The second kappa shape index (κ2) is 6.37. The summed E-state index contributed by atoms with van der Waals surface area (Å²) in [5.74, 6) is -0.206. The second-order valence-electron chi connectivity index (χ2n) is 5.70. The van der Waals surface area contributed by atoms with Crippen LogP contribution in [-0.2, 0) is 16.1 Å². The minimum Gasteiger partial charge on any atom is -0.381 e. The van der Waals surface area contributed by atoms with E-state index in [1.165, 1.54) is 0 Å². The number of anilines is 1. The molecule has 2 aromatic rings. The topological polar surface area (TPSA) is 99.2 Å². The molecule has 1 aliphatic rings. The minimum absolute atomic E-state index is 0.0784. The number of fused-ring (bicyclic) bond motifs is 1. The van der Waals surface area contributed by atoms with Crippen molar-refractivity contribution in [2.24, 2.45) is 11.7 Å². The van der Waals surface area contributed by atoms with Crippen LogP contribution in [0.5, 0.6) is 0 Å². The zero-order valence-corrected chi connectivity index (χ0v) is 13.0. The number of nitrogens with two attached hydrogens (primary N) is 1. The van der Waals surface area contributed by atoms with Crippen molar-refractivity contribution < 1.29 is 14.3 Å². The van der Waals surface area contributed by atoms with Gasteiger partial charge in [-0.25, -0.2) is 4.98 Å². The van der Waals surface area contributed by atoms with Crippen LogP contribution in [0.3, 0.4) is 0 Å². The number of benzene rings is 1. The summed E-state index contributed by atoms with van der Waals surface area (Å²) >= 11 is 0. The first-order valence-electron chi connectivity index (χ1n) is 7.79. The van der Waals surface area contributed by atoms with Crippen molar-refractivity contribution in [3.8, 4) is 0 Å². The first-order valence-corrected chi connectivity index (χ1v) is 7.79. The van der Waals surface area contributed by atoms with Crippen molar-refractivity contribution in [3.05, 3.63) is 23.8 Å². The molecule has 0 bridgehead atoms. The van der Waals surface area contributed by atoms with Crippen molar-refractivity contribution in [1.82, 2.24) is 9.55 Å². The van der Waals surface area contributed by atoms with Gasteiger partial charge in [-0.05, 0) is 31.0 Å². The van der Waals surface area contributed by atoms with Gasteiger partial charge in [-0.2, -0.15) is 0 Å². The molecule has 0 unspecified atom stereocenters. The van der Waals surface area contributed by atoms with E-state index < -0.39 is 5.91 Å². The monoisotopic (exact) mass is 316 g/mol. The molecule has 0 aliphatic carbocycles. The number of nitrogens with zero attached hydrogens (tertiary/aromatic N) is 2. The number of rotatable bonds is 5. The fourth-order valence-electron chi connectivity index (χ4n) is 2.78. The van der Waals surface area contributed by atoms with Crippen molar-refractivity contribution in [2.75, 3.05) is 18.5 Å². The predicted octanol–water partition coefficient (Wildman–Crippen LogP) is 1.52. The number of imidazole rings is 1. The van der Waals surface area contributed by atoms with Gasteiger partial charge < -0.3 is 15.0 Å². The molecular weight excluding hydrogens is 296 g/mol. The molecule has 0 saturated carbocycles. The Morgan fingerprint density at radius 1 is 1.48 bits per heavy atom. The Morgan fingerprint density at radius 3 is 2.96 bits per heavy atom. The highest BCUT2D eigenvalue weighted by Gasteiger charge is 2.25. The molecule has 7 heteroatoms. The Balaban J connectivity index is 1.95. The van der Waals surface area contributed by atoms with Gasteiger partial charge in [-0.15, -0.1) is 0 Å². The average Bonchev–Trinajstić information content (AvgIpc) is 3.16. The third-order valence-corrected chi connectivity index (χ3v) is 4.02. The Labute approximate surface area is 133 Å². The number of carbonyl (C=O) groups excluding carboxylic acids is 2. The molecule has 2 amide bonds. The highest BCUT2D eigenvalue weighted by atomic mass is 16.5. The Bertz CT molecular complexity index is 747. The molecule has 1 atom stereocenters. The molecule has 2 heterocycles. The van der Waals surface area contributed by atoms with E-state index in [2.05, 4.69) is 17.2 Å². The van der Waals surface area contributed by atoms with Crippen LogP contribution in [0.2, 0.25) is 0 Å². The Kier molecular flexibility index (Phi) is 4.29. The van der Waals surface area contributed by atoms with Crippen molar-refractivity contribution >= 4 is 28.8 Å². The largest absolute Gasteiger partial charge is 0.381 e. The van der Waals surface area contributed by atoms with Gasteiger partial charge in [-0.3, -0.25) is 14.9 Å². The predicted molar refractivity (Wildman–Crippen MR) is 86.1 cm³/mol. The summed E-state index contributed by atoms with van der Waals surface area (Å²) in [6.45, 7) is 3.85. The molecule has 1 aliphatic heterocycles. The third-order valence-electron chi connectivity index (χ3n) is 4.02. The summed E-state index contributed by atoms with van der Waals surface area (Å²) in [6.07, 6.45) is 1.63. The quantitative estimate of drug-likeness (QED) is 0.873. The second-order valence-corrected chi connectivity index (χ2v) is 5.70. The minimum atomic E-state index is -0.495. The van der Waals surface area contributed by atoms with Gasteiger partial charge in [0.05, 0.1) is 23.6 Å². The summed E-state index contributed by atoms with van der Waals surface area (Å²) in [4.78, 5) is 28.1. The summed E-state index contributed by atoms with van der Waals surface area (Å²) in [5, 5.41) is 2.89. The molecule has 1 fully saturated rings. The summed E-state index contributed by atoms with van der Waals surface area (Å²) in [6, 6.07) is 5.14. The number of hydrogen-bond donors (Lipinski definition) is 2. The van der Waals surface area contributed by atoms with Crippen molar-refractivity contribution in [3.63, 3.8) is 0 Å². The molecule has 3 N–H and O–H groups in total. The molecular formula is C16H20N4O3. The number of primary amides is 1. The smallest absolute Gasteiger partial charge is 0.248 e. The molecule has 1 aromatic heterocycles. The van der Waals surface area contributed by atoms with Gasteiger partial charge in [0, 0.05) is 18.7 Å². The Morgan fingerprint density at radius 2 is 2.30 bits per heavy atom. The lowest BCUT2D eigenvalue weighted by molar-refractivity contribution is -0.119. The van der Waals surface area contributed by atoms with E-state index in [-0.39, 0.29) is 11.8 Å². The van der Waals surface area contributed by atoms with Gasteiger partial charge in [0.25, 0.3) is 0 Å². The number of aryl methyl sites for hydroxylation is 1. The number of carbonyl (C=O) groups is 2. The molecule has 1 saturated heterocycles. The maximum Gasteiger partial charge on any atom is 0.248 e. The van der Waals surface area contributed by atoms with Crippen LogP contribution < -0.4 is 11.1 Å². The highest BCUT2D eigenvalue weighted by molar-refractivity contribution is 5.97. The van der Waals surface area contributed by atoms with Gasteiger partial charge in [-0.1, -0.05) is 6.92 Å². The highest BCUT2D eigenvalue weighted by Crippen LogP contribution is 2.23. The fourth-order valence-corrected chi connectivity index (χ4v) is 2.78. The lowest BCUT2D eigenvalue weighted by Gasteiger charge is -2.11. The first kappa shape index (κ1) is 15.5. The summed E-state index contributed by atoms with van der Waals surface area (Å²) in [5.41, 5.74) is 7.23. The molecule has 3 rings (SSSR count). The maximum atomic E-state index is 12.3. The van der Waals surface area contributed by atoms with Gasteiger partial charge in [0.15, 0.2) is 0 Å². The zero-order chi connectivity index (χ0) is 16.4. The van der Waals surface area contributed by atoms with Crippen LogP contribution in [0.25, 0.3) is 11.0 Å². The summed E-state index contributed by atoms with van der Waals surface area (Å²) in [7, 11) is 0. The molecule has 1 aromatic carbocycles. The fraction of sp³-hybridized carbons (Fsp3) is 0.438. The van der Waals surface area contributed by atoms with Crippen LogP contribution >= 0.6 is 0 Å². The molecule has 122 valence electrons. The molecule has 0 spiro atoms. The van der Waals surface area contributed by atoms with Crippen molar-refractivity contribution in [1.29, 1.82) is 0 Å². The zero-order valence-electron chi connectivity index (χ0n) is 13.0. The van der Waals surface area contributed by atoms with E-state index in [1.54, 1.807) is 12.1 Å². The lowest BCUT2D eigenvalue weighted by atomic mass is 10.1. The van der Waals surface area contributed by atoms with E-state index in [1.807, 2.05) is 10.6 Å². The SMILES string of the molecule is CCCn1c(NC(=O)[C@H]2CCOC2)nc2cc(C(N)=O)ccc21.